The summed E-state index contributed by atoms with van der Waals surface area (Å²) in [6.07, 6.45) is 12.4. The number of fused-ring (bicyclic) bond motifs is 1. The first-order valence-electron chi connectivity index (χ1n) is 13.0. The predicted octanol–water partition coefficient (Wildman–Crippen LogP) is 3.53. The minimum atomic E-state index is -0.721. The lowest BCUT2D eigenvalue weighted by Gasteiger charge is -2.61. The Morgan fingerprint density at radius 3 is 2.61 bits per heavy atom. The smallest absolute Gasteiger partial charge is 0.115 e. The number of piperidine rings is 1. The fourth-order valence-electron chi connectivity index (χ4n) is 7.19. The second-order valence-corrected chi connectivity index (χ2v) is 11.1. The van der Waals surface area contributed by atoms with Gasteiger partial charge in [0, 0.05) is 36.9 Å². The topological polar surface area (TPSA) is 59.8 Å². The Labute approximate surface area is 197 Å². The molecule has 2 aliphatic heterocycles. The molecular weight excluding hydrogens is 410 g/mol. The van der Waals surface area contributed by atoms with Crippen molar-refractivity contribution in [3.05, 3.63) is 59.4 Å². The summed E-state index contributed by atoms with van der Waals surface area (Å²) < 4.78 is 0. The van der Waals surface area contributed by atoms with Crippen molar-refractivity contribution in [1.29, 1.82) is 0 Å². The molecule has 0 radical (unpaired) electrons. The average molecular weight is 448 g/mol. The maximum atomic E-state index is 12.5. The second-order valence-electron chi connectivity index (χ2n) is 11.1. The zero-order valence-corrected chi connectivity index (χ0v) is 19.6. The van der Waals surface area contributed by atoms with Crippen molar-refractivity contribution in [3.63, 3.8) is 0 Å². The largest absolute Gasteiger partial charge is 0.508 e. The van der Waals surface area contributed by atoms with Gasteiger partial charge in [-0.2, -0.15) is 0 Å². The molecule has 2 aliphatic carbocycles. The van der Waals surface area contributed by atoms with Crippen molar-refractivity contribution >= 4 is 0 Å². The van der Waals surface area contributed by atoms with E-state index < -0.39 is 5.60 Å². The molecule has 0 amide bonds. The van der Waals surface area contributed by atoms with Crippen molar-refractivity contribution in [2.24, 2.45) is 5.92 Å². The van der Waals surface area contributed by atoms with Gasteiger partial charge in [-0.25, -0.2) is 0 Å². The first kappa shape index (κ1) is 21.6. The monoisotopic (exact) mass is 447 g/mol. The quantitative estimate of drug-likeness (QED) is 0.710. The standard InChI is InChI=1S/C28H37N3O2/c32-24-6-5-23-18-26-28(33)11-16-30(14-1-2-21-7-12-29-13-8-21)15-9-27(28,25(23)19-24)10-17-31(26)20-22-3-4-22/h5-8,12-13,19,22,26,32-33H,1-4,9-11,14-18,20H2/t26-,27+,28-/m1/s1. The summed E-state index contributed by atoms with van der Waals surface area (Å²) in [6.45, 7) is 5.25. The maximum Gasteiger partial charge on any atom is 0.115 e. The van der Waals surface area contributed by atoms with Crippen LogP contribution in [0.3, 0.4) is 0 Å². The van der Waals surface area contributed by atoms with Gasteiger partial charge in [-0.15, -0.1) is 0 Å². The Morgan fingerprint density at radius 1 is 1.00 bits per heavy atom. The van der Waals surface area contributed by atoms with Crippen LogP contribution in [0.15, 0.2) is 42.7 Å². The molecular formula is C28H37N3O2. The molecule has 1 aromatic heterocycles. The average Bonchev–Trinajstić information content (AvgIpc) is 3.65. The SMILES string of the molecule is Oc1ccc2c(c1)[C@@]13CCN(CCCc4ccncc4)CC[C@@]1(O)[C@@H](C2)N(CC1CC1)CC3. The highest BCUT2D eigenvalue weighted by molar-refractivity contribution is 5.48. The molecule has 3 heterocycles. The summed E-state index contributed by atoms with van der Waals surface area (Å²) in [7, 11) is 0. The Morgan fingerprint density at radius 2 is 1.79 bits per heavy atom. The number of hydrogen-bond donors (Lipinski definition) is 2. The number of aromatic hydroxyl groups is 1. The van der Waals surface area contributed by atoms with Crippen LogP contribution in [-0.4, -0.2) is 69.4 Å². The van der Waals surface area contributed by atoms with Crippen molar-refractivity contribution in [1.82, 2.24) is 14.8 Å². The lowest BCUT2D eigenvalue weighted by atomic mass is 9.52. The Hall–Kier alpha value is -1.95. The molecule has 2 bridgehead atoms. The van der Waals surface area contributed by atoms with Crippen LogP contribution < -0.4 is 0 Å². The van der Waals surface area contributed by atoms with Crippen molar-refractivity contribution in [3.8, 4) is 5.75 Å². The van der Waals surface area contributed by atoms with E-state index in [2.05, 4.69) is 33.0 Å². The first-order valence-corrected chi connectivity index (χ1v) is 13.0. The summed E-state index contributed by atoms with van der Waals surface area (Å²) in [6, 6.07) is 10.4. The molecule has 5 nitrogen and oxygen atoms in total. The lowest BCUT2D eigenvalue weighted by molar-refractivity contribution is -0.149. The number of benzene rings is 1. The van der Waals surface area contributed by atoms with E-state index in [4.69, 9.17) is 0 Å². The van der Waals surface area contributed by atoms with Gasteiger partial charge in [-0.3, -0.25) is 9.88 Å². The van der Waals surface area contributed by atoms with Crippen LogP contribution in [0.25, 0.3) is 0 Å². The van der Waals surface area contributed by atoms with E-state index in [-0.39, 0.29) is 11.5 Å². The van der Waals surface area contributed by atoms with Gasteiger partial charge in [0.2, 0.25) is 0 Å². The van der Waals surface area contributed by atoms with Gasteiger partial charge >= 0.3 is 0 Å². The van der Waals surface area contributed by atoms with Crippen LogP contribution >= 0.6 is 0 Å². The van der Waals surface area contributed by atoms with E-state index in [1.165, 1.54) is 29.5 Å². The maximum absolute atomic E-state index is 12.5. The third-order valence-electron chi connectivity index (χ3n) is 9.21. The van der Waals surface area contributed by atoms with Gasteiger partial charge in [0.05, 0.1) is 5.60 Å². The Kier molecular flexibility index (Phi) is 5.47. The highest BCUT2D eigenvalue weighted by Gasteiger charge is 2.63. The molecule has 0 spiro atoms. The first-order chi connectivity index (χ1) is 16.1. The molecule has 176 valence electrons. The highest BCUT2D eigenvalue weighted by atomic mass is 16.3. The number of aliphatic hydroxyl groups is 1. The third-order valence-corrected chi connectivity index (χ3v) is 9.21. The molecule has 2 saturated heterocycles. The van der Waals surface area contributed by atoms with E-state index in [1.54, 1.807) is 0 Å². The Bertz CT molecular complexity index is 994. The molecule has 0 unspecified atom stereocenters. The van der Waals surface area contributed by atoms with Crippen LogP contribution in [0.5, 0.6) is 5.75 Å². The summed E-state index contributed by atoms with van der Waals surface area (Å²) in [4.78, 5) is 9.34. The minimum Gasteiger partial charge on any atom is -0.508 e. The van der Waals surface area contributed by atoms with E-state index in [0.29, 0.717) is 5.75 Å². The third kappa shape index (κ3) is 3.78. The molecule has 3 fully saturated rings. The van der Waals surface area contributed by atoms with Gasteiger partial charge < -0.3 is 15.1 Å². The summed E-state index contributed by atoms with van der Waals surface area (Å²) in [5, 5.41) is 22.9. The van der Waals surface area contributed by atoms with Gasteiger partial charge in [0.1, 0.15) is 5.75 Å². The van der Waals surface area contributed by atoms with E-state index >= 15 is 0 Å². The summed E-state index contributed by atoms with van der Waals surface area (Å²) in [5.74, 6) is 1.17. The summed E-state index contributed by atoms with van der Waals surface area (Å²) in [5.41, 5.74) is 2.95. The number of nitrogens with zero attached hydrogens (tertiary/aromatic N) is 3. The van der Waals surface area contributed by atoms with Crippen molar-refractivity contribution < 1.29 is 10.2 Å². The number of aryl methyl sites for hydroxylation is 1. The number of pyridine rings is 1. The van der Waals surface area contributed by atoms with Crippen LogP contribution in [0.4, 0.5) is 0 Å². The number of hydrogen-bond acceptors (Lipinski definition) is 5. The van der Waals surface area contributed by atoms with Gasteiger partial charge in [-0.05, 0) is 118 Å². The van der Waals surface area contributed by atoms with E-state index in [9.17, 15) is 10.2 Å². The van der Waals surface area contributed by atoms with Crippen LogP contribution in [-0.2, 0) is 18.3 Å². The molecule has 2 aromatic rings. The van der Waals surface area contributed by atoms with Crippen molar-refractivity contribution in [2.45, 2.75) is 68.4 Å². The molecule has 3 atom stereocenters. The zero-order valence-electron chi connectivity index (χ0n) is 19.6. The van der Waals surface area contributed by atoms with E-state index in [1.807, 2.05) is 24.5 Å². The lowest BCUT2D eigenvalue weighted by Crippen LogP contribution is -2.71. The molecule has 1 saturated carbocycles. The molecule has 33 heavy (non-hydrogen) atoms. The van der Waals surface area contributed by atoms with Crippen LogP contribution in [0, 0.1) is 5.92 Å². The number of rotatable bonds is 6. The number of phenols is 1. The minimum absolute atomic E-state index is 0.195. The molecule has 2 N–H and O–H groups in total. The normalized spacial score (nSPS) is 32.1. The second kappa shape index (κ2) is 8.37. The fraction of sp³-hybridized carbons (Fsp3) is 0.607. The number of likely N-dealkylation sites (tertiary alicyclic amines) is 2. The predicted molar refractivity (Wildman–Crippen MR) is 129 cm³/mol. The van der Waals surface area contributed by atoms with Crippen LogP contribution in [0.1, 0.15) is 55.2 Å². The number of aromatic nitrogens is 1. The molecule has 6 rings (SSSR count). The molecule has 1 aromatic carbocycles. The highest BCUT2D eigenvalue weighted by Crippen LogP contribution is 2.56. The molecule has 5 heteroatoms. The van der Waals surface area contributed by atoms with Gasteiger partial charge in [0.25, 0.3) is 0 Å². The van der Waals surface area contributed by atoms with Gasteiger partial charge in [0.15, 0.2) is 0 Å². The summed E-state index contributed by atoms with van der Waals surface area (Å²) >= 11 is 0. The fourth-order valence-corrected chi connectivity index (χ4v) is 7.19. The number of phenolic OH excluding ortho intramolecular Hbond substituents is 1. The molecule has 4 aliphatic rings. The van der Waals surface area contributed by atoms with Crippen molar-refractivity contribution in [2.75, 3.05) is 32.7 Å². The Balaban J connectivity index is 1.26. The van der Waals surface area contributed by atoms with E-state index in [0.717, 1.165) is 77.2 Å². The zero-order chi connectivity index (χ0) is 22.5. The van der Waals surface area contributed by atoms with Gasteiger partial charge in [-0.1, -0.05) is 6.07 Å². The van der Waals surface area contributed by atoms with Crippen LogP contribution in [0.2, 0.25) is 0 Å².